The van der Waals surface area contributed by atoms with E-state index in [2.05, 4.69) is 30.0 Å². The first-order chi connectivity index (χ1) is 17.1. The summed E-state index contributed by atoms with van der Waals surface area (Å²) in [6.45, 7) is 3.56. The Balaban J connectivity index is 1.08. The summed E-state index contributed by atoms with van der Waals surface area (Å²) in [5.41, 5.74) is 2.70. The van der Waals surface area contributed by atoms with Gasteiger partial charge in [-0.2, -0.15) is 0 Å². The molecule has 3 aromatic rings. The molecular formula is C23H25N7O5. The third-order valence-corrected chi connectivity index (χ3v) is 6.51. The van der Waals surface area contributed by atoms with Gasteiger partial charge in [-0.1, -0.05) is 0 Å². The molecular weight excluding hydrogens is 454 g/mol. The molecule has 0 aromatic carbocycles. The van der Waals surface area contributed by atoms with Crippen LogP contribution in [0.2, 0.25) is 0 Å². The minimum Gasteiger partial charge on any atom is -0.484 e. The van der Waals surface area contributed by atoms with Gasteiger partial charge < -0.3 is 23.8 Å². The van der Waals surface area contributed by atoms with Gasteiger partial charge in [0, 0.05) is 44.0 Å². The van der Waals surface area contributed by atoms with Gasteiger partial charge in [-0.3, -0.25) is 14.8 Å². The van der Waals surface area contributed by atoms with E-state index in [1.54, 1.807) is 19.4 Å². The standard InChI is InChI=1S/C23H25N7O5/c1-28(14-10-29(11-14)17-5-6-24-16-3-4-20(32-2)25-21(16)17)12-15-13-30(23(31)35-15)19-9-18-22(27-26-19)34-8-7-33-18/h3-6,9,14-15H,7-8,10-13H2,1-2H3. The van der Waals surface area contributed by atoms with E-state index in [1.165, 1.54) is 4.90 Å². The van der Waals surface area contributed by atoms with E-state index in [-0.39, 0.29) is 6.10 Å². The molecule has 0 N–H and O–H groups in total. The van der Waals surface area contributed by atoms with Crippen molar-refractivity contribution in [1.82, 2.24) is 25.1 Å². The third-order valence-electron chi connectivity index (χ3n) is 6.51. The highest BCUT2D eigenvalue weighted by Gasteiger charge is 2.38. The summed E-state index contributed by atoms with van der Waals surface area (Å²) in [5, 5.41) is 8.14. The Morgan fingerprint density at radius 1 is 1.14 bits per heavy atom. The first-order valence-corrected chi connectivity index (χ1v) is 11.5. The number of methoxy groups -OCH3 is 1. The van der Waals surface area contributed by atoms with Gasteiger partial charge in [-0.05, 0) is 19.2 Å². The van der Waals surface area contributed by atoms with Crippen LogP contribution in [-0.4, -0.2) is 96.9 Å². The van der Waals surface area contributed by atoms with E-state index < -0.39 is 6.09 Å². The van der Waals surface area contributed by atoms with Gasteiger partial charge in [0.1, 0.15) is 24.8 Å². The zero-order chi connectivity index (χ0) is 23.9. The molecule has 6 rings (SSSR count). The molecule has 182 valence electrons. The number of rotatable bonds is 6. The maximum atomic E-state index is 12.5. The van der Waals surface area contributed by atoms with E-state index in [0.717, 1.165) is 29.8 Å². The third kappa shape index (κ3) is 3.99. The molecule has 0 saturated carbocycles. The summed E-state index contributed by atoms with van der Waals surface area (Å²) in [7, 11) is 3.66. The van der Waals surface area contributed by atoms with Crippen LogP contribution in [0.4, 0.5) is 16.3 Å². The van der Waals surface area contributed by atoms with Gasteiger partial charge in [0.05, 0.1) is 24.9 Å². The second-order valence-corrected chi connectivity index (χ2v) is 8.74. The normalized spacial score (nSPS) is 19.7. The number of hydrogen-bond acceptors (Lipinski definition) is 11. The maximum absolute atomic E-state index is 12.5. The predicted octanol–water partition coefficient (Wildman–Crippen LogP) is 1.35. The molecule has 1 atom stereocenters. The fourth-order valence-corrected chi connectivity index (χ4v) is 4.55. The lowest BCUT2D eigenvalue weighted by Gasteiger charge is -2.45. The number of pyridine rings is 2. The fraction of sp³-hybridized carbons (Fsp3) is 0.435. The van der Waals surface area contributed by atoms with Crippen molar-refractivity contribution in [3.8, 4) is 17.5 Å². The van der Waals surface area contributed by atoms with Gasteiger partial charge in [-0.25, -0.2) is 9.78 Å². The largest absolute Gasteiger partial charge is 0.484 e. The highest BCUT2D eigenvalue weighted by molar-refractivity contribution is 5.89. The van der Waals surface area contributed by atoms with Gasteiger partial charge >= 0.3 is 6.09 Å². The van der Waals surface area contributed by atoms with E-state index >= 15 is 0 Å². The number of likely N-dealkylation sites (N-methyl/N-ethyl adjacent to an activating group) is 1. The van der Waals surface area contributed by atoms with E-state index in [1.807, 2.05) is 25.2 Å². The van der Waals surface area contributed by atoms with Crippen LogP contribution in [0, 0.1) is 0 Å². The summed E-state index contributed by atoms with van der Waals surface area (Å²) in [5.74, 6) is 1.79. The minimum absolute atomic E-state index is 0.274. The van der Waals surface area contributed by atoms with Crippen molar-refractivity contribution in [1.29, 1.82) is 0 Å². The zero-order valence-electron chi connectivity index (χ0n) is 19.5. The summed E-state index contributed by atoms with van der Waals surface area (Å²) < 4.78 is 21.9. The number of amides is 1. The Morgan fingerprint density at radius 3 is 2.86 bits per heavy atom. The lowest BCUT2D eigenvalue weighted by molar-refractivity contribution is 0.0957. The highest BCUT2D eigenvalue weighted by atomic mass is 16.6. The molecule has 2 saturated heterocycles. The van der Waals surface area contributed by atoms with Gasteiger partial charge in [-0.15, -0.1) is 10.2 Å². The SMILES string of the molecule is COc1ccc2nccc(N3CC(N(C)CC4CN(c5cc6c(nn5)OCCO6)C(=O)O4)C3)c2n1. The molecule has 0 radical (unpaired) electrons. The Morgan fingerprint density at radius 2 is 2.00 bits per heavy atom. The predicted molar refractivity (Wildman–Crippen MR) is 125 cm³/mol. The van der Waals surface area contributed by atoms with Crippen LogP contribution in [0.5, 0.6) is 17.5 Å². The van der Waals surface area contributed by atoms with Crippen LogP contribution in [0.3, 0.4) is 0 Å². The van der Waals surface area contributed by atoms with Crippen molar-refractivity contribution in [3.05, 3.63) is 30.5 Å². The summed E-state index contributed by atoms with van der Waals surface area (Å²) in [6, 6.07) is 7.71. The van der Waals surface area contributed by atoms with Crippen LogP contribution in [0.1, 0.15) is 0 Å². The van der Waals surface area contributed by atoms with E-state index in [4.69, 9.17) is 18.9 Å². The molecule has 3 aliphatic rings. The number of nitrogens with zero attached hydrogens (tertiary/aromatic N) is 7. The number of carbonyl (C=O) groups is 1. The van der Waals surface area contributed by atoms with Crippen molar-refractivity contribution in [2.24, 2.45) is 0 Å². The van der Waals surface area contributed by atoms with Gasteiger partial charge in [0.2, 0.25) is 5.88 Å². The molecule has 0 aliphatic carbocycles. The number of fused-ring (bicyclic) bond motifs is 2. The van der Waals surface area contributed by atoms with Crippen molar-refractivity contribution in [2.45, 2.75) is 12.1 Å². The van der Waals surface area contributed by atoms with Crippen LogP contribution < -0.4 is 24.0 Å². The number of ether oxygens (including phenoxy) is 4. The first kappa shape index (κ1) is 21.6. The molecule has 12 nitrogen and oxygen atoms in total. The van der Waals surface area contributed by atoms with Gasteiger partial charge in [0.15, 0.2) is 11.6 Å². The van der Waals surface area contributed by atoms with Crippen LogP contribution in [0.15, 0.2) is 30.5 Å². The smallest absolute Gasteiger partial charge is 0.416 e. The van der Waals surface area contributed by atoms with Gasteiger partial charge in [0.25, 0.3) is 5.88 Å². The maximum Gasteiger partial charge on any atom is 0.416 e. The van der Waals surface area contributed by atoms with Crippen molar-refractivity contribution in [3.63, 3.8) is 0 Å². The summed E-state index contributed by atoms with van der Waals surface area (Å²) in [6.07, 6.45) is 1.09. The molecule has 2 fully saturated rings. The Labute approximate surface area is 201 Å². The zero-order valence-corrected chi connectivity index (χ0v) is 19.5. The average molecular weight is 479 g/mol. The molecule has 0 bridgehead atoms. The Bertz CT molecular complexity index is 1270. The summed E-state index contributed by atoms with van der Waals surface area (Å²) in [4.78, 5) is 27.5. The number of anilines is 2. The van der Waals surface area contributed by atoms with Crippen LogP contribution in [-0.2, 0) is 4.74 Å². The van der Waals surface area contributed by atoms with Crippen molar-refractivity contribution >= 4 is 28.6 Å². The first-order valence-electron chi connectivity index (χ1n) is 11.5. The minimum atomic E-state index is -0.437. The van der Waals surface area contributed by atoms with E-state index in [0.29, 0.717) is 55.7 Å². The molecule has 35 heavy (non-hydrogen) atoms. The molecule has 0 spiro atoms. The second-order valence-electron chi connectivity index (χ2n) is 8.74. The number of carbonyl (C=O) groups excluding carboxylic acids is 1. The number of aromatic nitrogens is 4. The average Bonchev–Trinajstić information content (AvgIpc) is 3.22. The van der Waals surface area contributed by atoms with E-state index in [9.17, 15) is 4.79 Å². The lowest BCUT2D eigenvalue weighted by atomic mass is 10.1. The van der Waals surface area contributed by atoms with Crippen LogP contribution >= 0.6 is 0 Å². The molecule has 1 amide bonds. The molecule has 12 heteroatoms. The Hall–Kier alpha value is -3.93. The number of cyclic esters (lactones) is 1. The highest BCUT2D eigenvalue weighted by Crippen LogP contribution is 2.32. The quantitative estimate of drug-likeness (QED) is 0.510. The molecule has 6 heterocycles. The van der Waals surface area contributed by atoms with Crippen LogP contribution in [0.25, 0.3) is 11.0 Å². The van der Waals surface area contributed by atoms with Crippen molar-refractivity contribution in [2.75, 3.05) is 63.4 Å². The lowest BCUT2D eigenvalue weighted by Crippen LogP contribution is -2.59. The molecule has 3 aliphatic heterocycles. The monoisotopic (exact) mass is 479 g/mol. The molecule has 1 unspecified atom stereocenters. The number of hydrogen-bond donors (Lipinski definition) is 0. The summed E-state index contributed by atoms with van der Waals surface area (Å²) >= 11 is 0. The molecule has 3 aromatic heterocycles. The fourth-order valence-electron chi connectivity index (χ4n) is 4.55. The Kier molecular flexibility index (Phi) is 5.36. The second kappa shape index (κ2) is 8.69. The van der Waals surface area contributed by atoms with Crippen molar-refractivity contribution < 1.29 is 23.7 Å². The topological polar surface area (TPSA) is 115 Å².